The lowest BCUT2D eigenvalue weighted by molar-refractivity contribution is -0.804. The number of quaternary nitrogens is 1. The van der Waals surface area contributed by atoms with Gasteiger partial charge in [0.2, 0.25) is 0 Å². The third-order valence-corrected chi connectivity index (χ3v) is 1.96. The highest BCUT2D eigenvalue weighted by Crippen LogP contribution is 2.13. The van der Waals surface area contributed by atoms with E-state index in [0.29, 0.717) is 0 Å². The first-order valence-corrected chi connectivity index (χ1v) is 4.86. The molecule has 0 aromatic heterocycles. The zero-order valence-electron chi connectivity index (χ0n) is 8.97. The van der Waals surface area contributed by atoms with Crippen LogP contribution in [-0.4, -0.2) is 25.3 Å². The molecule has 6 heteroatoms. The lowest BCUT2D eigenvalue weighted by Gasteiger charge is -2.22. The molecule has 1 aliphatic heterocycles. The van der Waals surface area contributed by atoms with Gasteiger partial charge in [-0.15, -0.1) is 0 Å². The number of hydrogen-bond donors (Lipinski definition) is 0. The number of allylic oxidation sites excluding steroid dienone is 2. The molecule has 0 radical (unpaired) electrons. The Balaban J connectivity index is 0.000000336. The van der Waals surface area contributed by atoms with E-state index in [1.807, 2.05) is 0 Å². The normalized spacial score (nSPS) is 17.5. The van der Waals surface area contributed by atoms with Crippen molar-refractivity contribution in [2.45, 2.75) is 19.8 Å². The molecule has 0 bridgehead atoms. The molecule has 15 heavy (non-hydrogen) atoms. The lowest BCUT2D eigenvalue weighted by atomic mass is 10.3. The summed E-state index contributed by atoms with van der Waals surface area (Å²) in [5, 5.41) is 0. The number of nitrogens with zero attached hydrogens (tertiary/aromatic N) is 1. The molecular formula is C9H16BF4N. The second-order valence-corrected chi connectivity index (χ2v) is 3.60. The van der Waals surface area contributed by atoms with Gasteiger partial charge >= 0.3 is 7.25 Å². The van der Waals surface area contributed by atoms with Crippen molar-refractivity contribution in [1.82, 2.24) is 0 Å². The molecule has 0 saturated carbocycles. The molecule has 0 aliphatic carbocycles. The SMILES string of the molecule is CCCC[N+]1(C)C=CC=C1.F[B-](F)(F)F. The summed E-state index contributed by atoms with van der Waals surface area (Å²) in [5.74, 6) is 0. The summed E-state index contributed by atoms with van der Waals surface area (Å²) in [4.78, 5) is 0. The van der Waals surface area contributed by atoms with Gasteiger partial charge in [-0.2, -0.15) is 0 Å². The quantitative estimate of drug-likeness (QED) is 0.391. The van der Waals surface area contributed by atoms with Crippen LogP contribution in [0.1, 0.15) is 19.8 Å². The van der Waals surface area contributed by atoms with Crippen LogP contribution in [-0.2, 0) is 0 Å². The van der Waals surface area contributed by atoms with E-state index in [-0.39, 0.29) is 0 Å². The fourth-order valence-electron chi connectivity index (χ4n) is 1.19. The van der Waals surface area contributed by atoms with Crippen molar-refractivity contribution in [3.63, 3.8) is 0 Å². The van der Waals surface area contributed by atoms with E-state index in [0.717, 1.165) is 4.48 Å². The largest absolute Gasteiger partial charge is 0.673 e. The predicted molar refractivity (Wildman–Crippen MR) is 54.4 cm³/mol. The number of halogens is 4. The van der Waals surface area contributed by atoms with Gasteiger partial charge in [-0.25, -0.2) is 0 Å². The number of unbranched alkanes of at least 4 members (excludes halogenated alkanes) is 1. The van der Waals surface area contributed by atoms with Gasteiger partial charge in [0.05, 0.1) is 13.6 Å². The fourth-order valence-corrected chi connectivity index (χ4v) is 1.19. The number of hydrogen-bond acceptors (Lipinski definition) is 0. The van der Waals surface area contributed by atoms with E-state index in [1.54, 1.807) is 0 Å². The van der Waals surface area contributed by atoms with Crippen LogP contribution in [0.15, 0.2) is 24.6 Å². The second-order valence-electron chi connectivity index (χ2n) is 3.60. The first kappa shape index (κ1) is 14.2. The molecule has 0 atom stereocenters. The third kappa shape index (κ3) is 9.53. The molecule has 1 nitrogen and oxygen atoms in total. The summed E-state index contributed by atoms with van der Waals surface area (Å²) >= 11 is 0. The van der Waals surface area contributed by atoms with E-state index >= 15 is 0 Å². The van der Waals surface area contributed by atoms with Crippen molar-refractivity contribution in [2.75, 3.05) is 13.6 Å². The highest BCUT2D eigenvalue weighted by molar-refractivity contribution is 6.50. The van der Waals surface area contributed by atoms with Crippen LogP contribution in [0.4, 0.5) is 17.3 Å². The predicted octanol–water partition coefficient (Wildman–Crippen LogP) is 3.57. The van der Waals surface area contributed by atoms with Gasteiger partial charge in [-0.1, -0.05) is 13.3 Å². The summed E-state index contributed by atoms with van der Waals surface area (Å²) < 4.78 is 40.0. The number of rotatable bonds is 3. The average Bonchev–Trinajstić information content (AvgIpc) is 2.46. The van der Waals surface area contributed by atoms with Crippen molar-refractivity contribution in [1.29, 1.82) is 0 Å². The molecule has 1 aliphatic rings. The van der Waals surface area contributed by atoms with Crippen molar-refractivity contribution in [3.8, 4) is 0 Å². The maximum absolute atomic E-state index is 9.75. The third-order valence-electron chi connectivity index (χ3n) is 1.96. The highest BCUT2D eigenvalue weighted by atomic mass is 19.5. The molecule has 0 amide bonds. The Labute approximate surface area is 87.8 Å². The van der Waals surface area contributed by atoms with Crippen molar-refractivity contribution in [3.05, 3.63) is 24.6 Å². The summed E-state index contributed by atoms with van der Waals surface area (Å²) in [5.41, 5.74) is 0. The average molecular weight is 225 g/mol. The first-order chi connectivity index (χ1) is 6.77. The van der Waals surface area contributed by atoms with Crippen LogP contribution in [0.25, 0.3) is 0 Å². The van der Waals surface area contributed by atoms with Crippen LogP contribution in [0, 0.1) is 0 Å². The molecule has 1 heterocycles. The van der Waals surface area contributed by atoms with E-state index < -0.39 is 7.25 Å². The Bertz CT molecular complexity index is 217. The van der Waals surface area contributed by atoms with Gasteiger partial charge in [0, 0.05) is 0 Å². The molecular weight excluding hydrogens is 209 g/mol. The molecule has 0 aromatic rings. The maximum Gasteiger partial charge on any atom is 0.673 e. The van der Waals surface area contributed by atoms with Gasteiger partial charge in [0.15, 0.2) is 0 Å². The van der Waals surface area contributed by atoms with Gasteiger partial charge in [-0.3, -0.25) is 4.48 Å². The van der Waals surface area contributed by atoms with E-state index in [1.165, 1.54) is 19.4 Å². The Morgan fingerprint density at radius 3 is 1.80 bits per heavy atom. The molecule has 0 unspecified atom stereocenters. The fraction of sp³-hybridized carbons (Fsp3) is 0.556. The zero-order chi connectivity index (χ0) is 11.9. The van der Waals surface area contributed by atoms with Gasteiger partial charge in [0.25, 0.3) is 0 Å². The highest BCUT2D eigenvalue weighted by Gasteiger charge is 2.20. The maximum atomic E-state index is 9.75. The lowest BCUT2D eigenvalue weighted by Crippen LogP contribution is -2.30. The van der Waals surface area contributed by atoms with Crippen molar-refractivity contribution >= 4 is 7.25 Å². The van der Waals surface area contributed by atoms with E-state index in [4.69, 9.17) is 0 Å². The Morgan fingerprint density at radius 1 is 1.07 bits per heavy atom. The minimum absolute atomic E-state index is 0.994. The topological polar surface area (TPSA) is 0 Å². The van der Waals surface area contributed by atoms with Crippen molar-refractivity contribution < 1.29 is 21.7 Å². The van der Waals surface area contributed by atoms with Crippen LogP contribution >= 0.6 is 0 Å². The molecule has 0 spiro atoms. The smallest absolute Gasteiger partial charge is 0.418 e. The Kier molecular flexibility index (Phi) is 5.64. The zero-order valence-corrected chi connectivity index (χ0v) is 8.97. The van der Waals surface area contributed by atoms with E-state index in [2.05, 4.69) is 38.5 Å². The summed E-state index contributed by atoms with van der Waals surface area (Å²) in [6.45, 7) is 3.47. The minimum Gasteiger partial charge on any atom is -0.418 e. The minimum atomic E-state index is -6.00. The molecule has 0 N–H and O–H groups in total. The second kappa shape index (κ2) is 5.95. The summed E-state index contributed by atoms with van der Waals surface area (Å²) in [6, 6.07) is 0. The summed E-state index contributed by atoms with van der Waals surface area (Å²) in [7, 11) is -3.77. The van der Waals surface area contributed by atoms with Crippen LogP contribution in [0.3, 0.4) is 0 Å². The standard InChI is InChI=1S/C9H16N.BF4/c1-3-4-7-10(2)8-5-6-9-10;2-1(3,4)5/h5-6,8-9H,3-4,7H2,1-2H3;/q+1;-1. The van der Waals surface area contributed by atoms with Crippen LogP contribution in [0.2, 0.25) is 0 Å². The van der Waals surface area contributed by atoms with Gasteiger partial charge < -0.3 is 17.3 Å². The van der Waals surface area contributed by atoms with Gasteiger partial charge in [0.1, 0.15) is 12.4 Å². The van der Waals surface area contributed by atoms with Gasteiger partial charge in [-0.05, 0) is 18.6 Å². The first-order valence-electron chi connectivity index (χ1n) is 4.86. The van der Waals surface area contributed by atoms with Crippen molar-refractivity contribution in [2.24, 2.45) is 0 Å². The van der Waals surface area contributed by atoms with Crippen LogP contribution in [0.5, 0.6) is 0 Å². The Hall–Kier alpha value is -0.775. The monoisotopic (exact) mass is 225 g/mol. The molecule has 0 aromatic carbocycles. The molecule has 88 valence electrons. The molecule has 0 saturated heterocycles. The van der Waals surface area contributed by atoms with E-state index in [9.17, 15) is 17.3 Å². The molecule has 0 fully saturated rings. The molecule has 1 rings (SSSR count). The summed E-state index contributed by atoms with van der Waals surface area (Å²) in [6.07, 6.45) is 11.3. The van der Waals surface area contributed by atoms with Crippen LogP contribution < -0.4 is 0 Å². The Morgan fingerprint density at radius 2 is 1.47 bits per heavy atom.